The molecule has 0 spiro atoms. The van der Waals surface area contributed by atoms with E-state index < -0.39 is 11.9 Å². The zero-order valence-electron chi connectivity index (χ0n) is 13.6. The first kappa shape index (κ1) is 17.1. The number of ether oxygens (including phenoxy) is 1. The van der Waals surface area contributed by atoms with Crippen molar-refractivity contribution in [3.05, 3.63) is 0 Å². The largest absolute Gasteiger partial charge is 0.481 e. The van der Waals surface area contributed by atoms with E-state index in [1.165, 1.54) is 6.42 Å². The zero-order chi connectivity index (χ0) is 16.2. The molecule has 0 aliphatic carbocycles. The summed E-state index contributed by atoms with van der Waals surface area (Å²) in [6.45, 7) is 6.51. The molecule has 2 heterocycles. The molecule has 0 aromatic rings. The third-order valence-electron chi connectivity index (χ3n) is 4.80. The van der Waals surface area contributed by atoms with Gasteiger partial charge >= 0.3 is 12.0 Å². The Hall–Kier alpha value is -1.30. The topological polar surface area (TPSA) is 78.9 Å². The number of nitrogens with one attached hydrogen (secondary N) is 1. The van der Waals surface area contributed by atoms with E-state index in [1.54, 1.807) is 4.90 Å². The predicted octanol–water partition coefficient (Wildman–Crippen LogP) is 2.09. The highest BCUT2D eigenvalue weighted by Gasteiger charge is 2.33. The van der Waals surface area contributed by atoms with Gasteiger partial charge in [0.25, 0.3) is 0 Å². The highest BCUT2D eigenvalue weighted by atomic mass is 16.5. The van der Waals surface area contributed by atoms with E-state index in [-0.39, 0.29) is 17.6 Å². The lowest BCUT2D eigenvalue weighted by Crippen LogP contribution is -2.50. The molecule has 6 heteroatoms. The molecular weight excluding hydrogens is 284 g/mol. The van der Waals surface area contributed by atoms with Gasteiger partial charge in [-0.1, -0.05) is 13.8 Å². The molecule has 2 rings (SSSR count). The number of carboxylic acid groups (broad SMARTS) is 1. The van der Waals surface area contributed by atoms with Crippen LogP contribution < -0.4 is 5.32 Å². The first-order valence-electron chi connectivity index (χ1n) is 8.27. The number of rotatable bonds is 4. The fourth-order valence-electron chi connectivity index (χ4n) is 3.25. The Morgan fingerprint density at radius 2 is 2.05 bits per heavy atom. The maximum atomic E-state index is 12.3. The van der Waals surface area contributed by atoms with E-state index in [9.17, 15) is 9.59 Å². The SMILES string of the molecule is CC(C)(CNC(=O)N1CCCC(C(=O)O)C1)C1CCCCO1. The predicted molar refractivity (Wildman–Crippen MR) is 82.7 cm³/mol. The van der Waals surface area contributed by atoms with Gasteiger partial charge in [-0.25, -0.2) is 4.79 Å². The minimum atomic E-state index is -0.812. The van der Waals surface area contributed by atoms with Crippen LogP contribution in [0.5, 0.6) is 0 Å². The second-order valence-corrected chi connectivity index (χ2v) is 7.13. The minimum absolute atomic E-state index is 0.113. The fourth-order valence-corrected chi connectivity index (χ4v) is 3.25. The van der Waals surface area contributed by atoms with Crippen molar-refractivity contribution in [2.75, 3.05) is 26.2 Å². The van der Waals surface area contributed by atoms with Crippen molar-refractivity contribution in [3.63, 3.8) is 0 Å². The van der Waals surface area contributed by atoms with Gasteiger partial charge in [0.05, 0.1) is 12.0 Å². The molecule has 126 valence electrons. The summed E-state index contributed by atoms with van der Waals surface area (Å²) >= 11 is 0. The Bertz CT molecular complexity index is 405. The molecule has 22 heavy (non-hydrogen) atoms. The Morgan fingerprint density at radius 3 is 2.68 bits per heavy atom. The van der Waals surface area contributed by atoms with Crippen molar-refractivity contribution in [1.29, 1.82) is 0 Å². The molecule has 2 saturated heterocycles. The van der Waals surface area contributed by atoms with Crippen molar-refractivity contribution in [2.24, 2.45) is 11.3 Å². The zero-order valence-corrected chi connectivity index (χ0v) is 13.6. The van der Waals surface area contributed by atoms with Crippen LogP contribution in [-0.2, 0) is 9.53 Å². The van der Waals surface area contributed by atoms with Crippen LogP contribution in [0.2, 0.25) is 0 Å². The van der Waals surface area contributed by atoms with E-state index >= 15 is 0 Å². The monoisotopic (exact) mass is 312 g/mol. The molecule has 0 saturated carbocycles. The number of urea groups is 1. The summed E-state index contributed by atoms with van der Waals surface area (Å²) in [5, 5.41) is 12.1. The van der Waals surface area contributed by atoms with Crippen molar-refractivity contribution in [3.8, 4) is 0 Å². The molecule has 2 N–H and O–H groups in total. The summed E-state index contributed by atoms with van der Waals surface area (Å²) in [6, 6.07) is -0.158. The lowest BCUT2D eigenvalue weighted by Gasteiger charge is -2.38. The van der Waals surface area contributed by atoms with Crippen LogP contribution in [0.15, 0.2) is 0 Å². The lowest BCUT2D eigenvalue weighted by molar-refractivity contribution is -0.143. The molecular formula is C16H28N2O4. The number of carboxylic acids is 1. The number of amides is 2. The first-order chi connectivity index (χ1) is 10.4. The summed E-state index contributed by atoms with van der Waals surface area (Å²) in [5.41, 5.74) is -0.113. The Labute approximate surface area is 132 Å². The van der Waals surface area contributed by atoms with Crippen molar-refractivity contribution in [2.45, 2.75) is 52.1 Å². The summed E-state index contributed by atoms with van der Waals surface area (Å²) < 4.78 is 5.83. The number of hydrogen-bond acceptors (Lipinski definition) is 3. The smallest absolute Gasteiger partial charge is 0.317 e. The van der Waals surface area contributed by atoms with Gasteiger partial charge in [-0.15, -0.1) is 0 Å². The van der Waals surface area contributed by atoms with Crippen LogP contribution in [0.4, 0.5) is 4.79 Å². The van der Waals surface area contributed by atoms with Crippen LogP contribution in [0.25, 0.3) is 0 Å². The maximum absolute atomic E-state index is 12.3. The van der Waals surface area contributed by atoms with E-state index in [1.807, 2.05) is 0 Å². The van der Waals surface area contributed by atoms with Crippen LogP contribution in [0.3, 0.4) is 0 Å². The van der Waals surface area contributed by atoms with Crippen LogP contribution in [0, 0.1) is 11.3 Å². The van der Waals surface area contributed by atoms with Crippen LogP contribution >= 0.6 is 0 Å². The molecule has 0 radical (unpaired) electrons. The number of carbonyl (C=O) groups excluding carboxylic acids is 1. The maximum Gasteiger partial charge on any atom is 0.317 e. The van der Waals surface area contributed by atoms with Gasteiger partial charge in [-0.05, 0) is 32.1 Å². The van der Waals surface area contributed by atoms with Crippen LogP contribution in [-0.4, -0.2) is 54.4 Å². The molecule has 0 bridgehead atoms. The van der Waals surface area contributed by atoms with Crippen LogP contribution in [0.1, 0.15) is 46.0 Å². The van der Waals surface area contributed by atoms with Gasteiger partial charge in [0, 0.05) is 31.7 Å². The quantitative estimate of drug-likeness (QED) is 0.833. The average molecular weight is 312 g/mol. The first-order valence-corrected chi connectivity index (χ1v) is 8.27. The summed E-state index contributed by atoms with van der Waals surface area (Å²) in [4.78, 5) is 25.0. The third-order valence-corrected chi connectivity index (χ3v) is 4.80. The van der Waals surface area contributed by atoms with Gasteiger partial charge in [0.15, 0.2) is 0 Å². The van der Waals surface area contributed by atoms with Gasteiger partial charge < -0.3 is 20.1 Å². The number of piperidine rings is 1. The van der Waals surface area contributed by atoms with Crippen molar-refractivity contribution in [1.82, 2.24) is 10.2 Å². The highest BCUT2D eigenvalue weighted by molar-refractivity contribution is 5.76. The third kappa shape index (κ3) is 4.35. The highest BCUT2D eigenvalue weighted by Crippen LogP contribution is 2.29. The van der Waals surface area contributed by atoms with E-state index in [0.717, 1.165) is 25.9 Å². The Morgan fingerprint density at radius 1 is 1.27 bits per heavy atom. The van der Waals surface area contributed by atoms with Crippen molar-refractivity contribution < 1.29 is 19.4 Å². The van der Waals surface area contributed by atoms with E-state index in [2.05, 4.69) is 19.2 Å². The van der Waals surface area contributed by atoms with E-state index in [0.29, 0.717) is 26.1 Å². The molecule has 2 unspecified atom stereocenters. The molecule has 2 amide bonds. The summed E-state index contributed by atoms with van der Waals surface area (Å²) in [6.07, 6.45) is 4.90. The second kappa shape index (κ2) is 7.31. The molecule has 2 aliphatic rings. The summed E-state index contributed by atoms with van der Waals surface area (Å²) in [5.74, 6) is -1.25. The van der Waals surface area contributed by atoms with Gasteiger partial charge in [-0.3, -0.25) is 4.79 Å². The molecule has 0 aromatic carbocycles. The molecule has 2 atom stereocenters. The van der Waals surface area contributed by atoms with Gasteiger partial charge in [-0.2, -0.15) is 0 Å². The second-order valence-electron chi connectivity index (χ2n) is 7.13. The van der Waals surface area contributed by atoms with E-state index in [4.69, 9.17) is 9.84 Å². The Kier molecular flexibility index (Phi) is 5.67. The summed E-state index contributed by atoms with van der Waals surface area (Å²) in [7, 11) is 0. The standard InChI is InChI=1S/C16H28N2O4/c1-16(2,13-7-3-4-9-22-13)11-17-15(21)18-8-5-6-12(10-18)14(19)20/h12-13H,3-11H2,1-2H3,(H,17,21)(H,19,20). The molecule has 6 nitrogen and oxygen atoms in total. The number of carbonyl (C=O) groups is 2. The molecule has 0 aromatic heterocycles. The number of aliphatic carboxylic acids is 1. The van der Waals surface area contributed by atoms with Gasteiger partial charge in [0.2, 0.25) is 0 Å². The minimum Gasteiger partial charge on any atom is -0.481 e. The van der Waals surface area contributed by atoms with Gasteiger partial charge in [0.1, 0.15) is 0 Å². The molecule has 2 fully saturated rings. The fraction of sp³-hybridized carbons (Fsp3) is 0.875. The average Bonchev–Trinajstić information content (AvgIpc) is 2.53. The number of likely N-dealkylation sites (tertiary alicyclic amines) is 1. The Balaban J connectivity index is 1.82. The lowest BCUT2D eigenvalue weighted by atomic mass is 9.82. The number of nitrogens with zero attached hydrogens (tertiary/aromatic N) is 1. The number of hydrogen-bond donors (Lipinski definition) is 2. The molecule has 2 aliphatic heterocycles. The van der Waals surface area contributed by atoms with Crippen molar-refractivity contribution >= 4 is 12.0 Å². The normalized spacial score (nSPS) is 26.5.